The molecule has 2 rings (SSSR count). The average Bonchev–Trinajstić information content (AvgIpc) is 2.55. The van der Waals surface area contributed by atoms with E-state index in [1.54, 1.807) is 31.2 Å². The minimum atomic E-state index is -0.439. The van der Waals surface area contributed by atoms with Gasteiger partial charge in [-0.25, -0.2) is 4.79 Å². The number of nitrogens with one attached hydrogen (secondary N) is 1. The van der Waals surface area contributed by atoms with Gasteiger partial charge in [0.05, 0.1) is 23.8 Å². The maximum Gasteiger partial charge on any atom is 0.340 e. The summed E-state index contributed by atoms with van der Waals surface area (Å²) < 4.78 is 5.01. The Morgan fingerprint density at radius 3 is 2.36 bits per heavy atom. The van der Waals surface area contributed by atoms with Crippen molar-refractivity contribution in [2.45, 2.75) is 19.8 Å². The van der Waals surface area contributed by atoms with E-state index in [1.165, 1.54) is 0 Å². The molecule has 114 valence electrons. The highest BCUT2D eigenvalue weighted by atomic mass is 16.5. The van der Waals surface area contributed by atoms with E-state index in [4.69, 9.17) is 4.74 Å². The van der Waals surface area contributed by atoms with Gasteiger partial charge in [0.1, 0.15) is 0 Å². The Balaban J connectivity index is 2.17. The molecule has 0 aromatic heterocycles. The second-order valence-electron chi connectivity index (χ2n) is 4.89. The zero-order valence-electron chi connectivity index (χ0n) is 12.7. The van der Waals surface area contributed by atoms with Crippen molar-refractivity contribution >= 4 is 17.6 Å². The number of amides is 1. The Morgan fingerprint density at radius 2 is 1.68 bits per heavy atom. The van der Waals surface area contributed by atoms with Crippen molar-refractivity contribution in [1.29, 1.82) is 0 Å². The standard InChI is InChI=1S/C18H19NO3/c1-3-22-18(21)15-11-7-8-12-16(15)19-17(20)13(2)14-9-5-4-6-10-14/h4-13H,3H2,1-2H3,(H,19,20). The Kier molecular flexibility index (Phi) is 5.31. The topological polar surface area (TPSA) is 55.4 Å². The minimum Gasteiger partial charge on any atom is -0.462 e. The van der Waals surface area contributed by atoms with Crippen molar-refractivity contribution in [3.05, 3.63) is 65.7 Å². The fourth-order valence-electron chi connectivity index (χ4n) is 2.11. The van der Waals surface area contributed by atoms with Crippen LogP contribution in [0.2, 0.25) is 0 Å². The largest absolute Gasteiger partial charge is 0.462 e. The highest BCUT2D eigenvalue weighted by Crippen LogP contribution is 2.20. The molecule has 2 aromatic carbocycles. The summed E-state index contributed by atoms with van der Waals surface area (Å²) in [6.07, 6.45) is 0. The van der Waals surface area contributed by atoms with E-state index in [-0.39, 0.29) is 11.8 Å². The van der Waals surface area contributed by atoms with Gasteiger partial charge in [-0.3, -0.25) is 4.79 Å². The Labute approximate surface area is 130 Å². The van der Waals surface area contributed by atoms with Crippen LogP contribution in [0.25, 0.3) is 0 Å². The molecule has 4 heteroatoms. The van der Waals surface area contributed by atoms with Crippen molar-refractivity contribution in [3.8, 4) is 0 Å². The lowest BCUT2D eigenvalue weighted by Crippen LogP contribution is -2.20. The van der Waals surface area contributed by atoms with Gasteiger partial charge in [-0.15, -0.1) is 0 Å². The van der Waals surface area contributed by atoms with Crippen LogP contribution in [0.5, 0.6) is 0 Å². The fraction of sp³-hybridized carbons (Fsp3) is 0.222. The first-order valence-corrected chi connectivity index (χ1v) is 7.25. The van der Waals surface area contributed by atoms with Crippen LogP contribution in [0.4, 0.5) is 5.69 Å². The molecule has 4 nitrogen and oxygen atoms in total. The van der Waals surface area contributed by atoms with Gasteiger partial charge in [-0.2, -0.15) is 0 Å². The molecule has 22 heavy (non-hydrogen) atoms. The zero-order chi connectivity index (χ0) is 15.9. The molecule has 1 N–H and O–H groups in total. The summed E-state index contributed by atoms with van der Waals surface area (Å²) in [7, 11) is 0. The first-order valence-electron chi connectivity index (χ1n) is 7.25. The van der Waals surface area contributed by atoms with E-state index in [2.05, 4.69) is 5.32 Å². The number of hydrogen-bond acceptors (Lipinski definition) is 3. The van der Waals surface area contributed by atoms with Gasteiger partial charge in [0.2, 0.25) is 5.91 Å². The summed E-state index contributed by atoms with van der Waals surface area (Å²) in [4.78, 5) is 24.3. The zero-order valence-corrected chi connectivity index (χ0v) is 12.7. The quantitative estimate of drug-likeness (QED) is 0.858. The molecule has 0 saturated carbocycles. The summed E-state index contributed by atoms with van der Waals surface area (Å²) in [5.41, 5.74) is 1.75. The SMILES string of the molecule is CCOC(=O)c1ccccc1NC(=O)C(C)c1ccccc1. The number of rotatable bonds is 5. The predicted octanol–water partition coefficient (Wildman–Crippen LogP) is 3.61. The van der Waals surface area contributed by atoms with Crippen molar-refractivity contribution in [1.82, 2.24) is 0 Å². The minimum absolute atomic E-state index is 0.164. The second-order valence-corrected chi connectivity index (χ2v) is 4.89. The molecule has 0 heterocycles. The maximum absolute atomic E-state index is 12.4. The first-order chi connectivity index (χ1) is 10.6. The second kappa shape index (κ2) is 7.41. The molecule has 0 fully saturated rings. The molecule has 0 radical (unpaired) electrons. The number of hydrogen-bond donors (Lipinski definition) is 1. The third-order valence-electron chi connectivity index (χ3n) is 3.37. The number of anilines is 1. The molecule has 0 aliphatic carbocycles. The summed E-state index contributed by atoms with van der Waals surface area (Å²) >= 11 is 0. The number of para-hydroxylation sites is 1. The van der Waals surface area contributed by atoms with Gasteiger partial charge in [0, 0.05) is 0 Å². The molecule has 2 aromatic rings. The Morgan fingerprint density at radius 1 is 1.05 bits per heavy atom. The maximum atomic E-state index is 12.4. The molecule has 0 bridgehead atoms. The van der Waals surface area contributed by atoms with Crippen LogP contribution in [-0.4, -0.2) is 18.5 Å². The molecule has 1 amide bonds. The fourth-order valence-corrected chi connectivity index (χ4v) is 2.11. The molecule has 0 aliphatic heterocycles. The molecule has 0 aliphatic rings. The normalized spacial score (nSPS) is 11.5. The van der Waals surface area contributed by atoms with E-state index < -0.39 is 5.97 Å². The Bertz CT molecular complexity index is 652. The van der Waals surface area contributed by atoms with Gasteiger partial charge in [0.15, 0.2) is 0 Å². The van der Waals surface area contributed by atoms with Gasteiger partial charge < -0.3 is 10.1 Å². The number of ether oxygens (including phenoxy) is 1. The smallest absolute Gasteiger partial charge is 0.340 e. The Hall–Kier alpha value is -2.62. The number of carbonyl (C=O) groups is 2. The van der Waals surface area contributed by atoms with Crippen LogP contribution in [-0.2, 0) is 9.53 Å². The van der Waals surface area contributed by atoms with Crippen molar-refractivity contribution < 1.29 is 14.3 Å². The summed E-state index contributed by atoms with van der Waals surface area (Å²) in [5.74, 6) is -0.912. The van der Waals surface area contributed by atoms with Crippen LogP contribution >= 0.6 is 0 Å². The van der Waals surface area contributed by atoms with E-state index in [0.717, 1.165) is 5.56 Å². The third-order valence-corrected chi connectivity index (χ3v) is 3.37. The highest BCUT2D eigenvalue weighted by molar-refractivity contribution is 6.03. The van der Waals surface area contributed by atoms with Crippen LogP contribution in [0.3, 0.4) is 0 Å². The first kappa shape index (κ1) is 15.8. The van der Waals surface area contributed by atoms with Crippen LogP contribution in [0.15, 0.2) is 54.6 Å². The molecular weight excluding hydrogens is 278 g/mol. The van der Waals surface area contributed by atoms with E-state index in [0.29, 0.717) is 17.9 Å². The summed E-state index contributed by atoms with van der Waals surface area (Å²) in [5, 5.41) is 2.81. The monoisotopic (exact) mass is 297 g/mol. The van der Waals surface area contributed by atoms with Crippen LogP contribution < -0.4 is 5.32 Å². The lowest BCUT2D eigenvalue weighted by molar-refractivity contribution is -0.117. The number of benzene rings is 2. The van der Waals surface area contributed by atoms with Gasteiger partial charge in [-0.05, 0) is 31.5 Å². The highest BCUT2D eigenvalue weighted by Gasteiger charge is 2.18. The lowest BCUT2D eigenvalue weighted by Gasteiger charge is -2.14. The van der Waals surface area contributed by atoms with Crippen LogP contribution in [0, 0.1) is 0 Å². The van der Waals surface area contributed by atoms with Crippen LogP contribution in [0.1, 0.15) is 35.7 Å². The molecule has 1 unspecified atom stereocenters. The van der Waals surface area contributed by atoms with E-state index in [9.17, 15) is 9.59 Å². The van der Waals surface area contributed by atoms with Gasteiger partial charge in [-0.1, -0.05) is 42.5 Å². The molecule has 1 atom stereocenters. The van der Waals surface area contributed by atoms with Gasteiger partial charge in [0.25, 0.3) is 0 Å². The molecular formula is C18H19NO3. The predicted molar refractivity (Wildman–Crippen MR) is 85.9 cm³/mol. The summed E-state index contributed by atoms with van der Waals surface area (Å²) in [6.45, 7) is 3.87. The number of carbonyl (C=O) groups excluding carboxylic acids is 2. The molecule has 0 spiro atoms. The van der Waals surface area contributed by atoms with E-state index >= 15 is 0 Å². The van der Waals surface area contributed by atoms with Crippen molar-refractivity contribution in [2.24, 2.45) is 0 Å². The average molecular weight is 297 g/mol. The molecule has 0 saturated heterocycles. The van der Waals surface area contributed by atoms with Gasteiger partial charge >= 0.3 is 5.97 Å². The lowest BCUT2D eigenvalue weighted by atomic mass is 10.0. The van der Waals surface area contributed by atoms with Crippen molar-refractivity contribution in [2.75, 3.05) is 11.9 Å². The number of esters is 1. The van der Waals surface area contributed by atoms with E-state index in [1.807, 2.05) is 37.3 Å². The summed E-state index contributed by atoms with van der Waals surface area (Å²) in [6, 6.07) is 16.3. The van der Waals surface area contributed by atoms with Crippen molar-refractivity contribution in [3.63, 3.8) is 0 Å². The third kappa shape index (κ3) is 3.73.